The fourth-order valence-corrected chi connectivity index (χ4v) is 2.42. The first kappa shape index (κ1) is 18.7. The number of hydrogen-bond acceptors (Lipinski definition) is 6. The third-order valence-corrected chi connectivity index (χ3v) is 3.73. The smallest absolute Gasteiger partial charge is 0.328 e. The number of carboxylic acid groups (broad SMARTS) is 1. The van der Waals surface area contributed by atoms with Gasteiger partial charge in [-0.3, -0.25) is 14.9 Å². The van der Waals surface area contributed by atoms with Gasteiger partial charge >= 0.3 is 11.7 Å². The van der Waals surface area contributed by atoms with Crippen LogP contribution < -0.4 is 10.1 Å². The second-order valence-corrected chi connectivity index (χ2v) is 5.35. The molecule has 0 spiro atoms. The molecule has 0 bridgehead atoms. The van der Waals surface area contributed by atoms with Gasteiger partial charge in [-0.1, -0.05) is 6.07 Å². The van der Waals surface area contributed by atoms with E-state index in [4.69, 9.17) is 9.84 Å². The SMILES string of the molecule is COc1ccc(CSCC(=O)NC(CF)C(=O)O)cc1[N+](=O)[O-]. The molecule has 0 heterocycles. The Labute approximate surface area is 135 Å². The number of amides is 1. The number of rotatable bonds is 9. The summed E-state index contributed by atoms with van der Waals surface area (Å²) >= 11 is 1.12. The predicted molar refractivity (Wildman–Crippen MR) is 81.4 cm³/mol. The van der Waals surface area contributed by atoms with Crippen molar-refractivity contribution in [1.82, 2.24) is 5.32 Å². The van der Waals surface area contributed by atoms with Gasteiger partial charge in [0.15, 0.2) is 11.8 Å². The summed E-state index contributed by atoms with van der Waals surface area (Å²) in [6.07, 6.45) is 0. The Balaban J connectivity index is 2.56. The van der Waals surface area contributed by atoms with Gasteiger partial charge in [0, 0.05) is 11.8 Å². The molecule has 1 atom stereocenters. The van der Waals surface area contributed by atoms with Gasteiger partial charge in [0.25, 0.3) is 0 Å². The van der Waals surface area contributed by atoms with E-state index in [1.54, 1.807) is 6.07 Å². The molecule has 1 amide bonds. The maximum absolute atomic E-state index is 12.4. The molecule has 0 aromatic heterocycles. The molecule has 2 N–H and O–H groups in total. The Hall–Kier alpha value is -2.36. The average Bonchev–Trinajstić information content (AvgIpc) is 2.52. The van der Waals surface area contributed by atoms with E-state index < -0.39 is 29.5 Å². The van der Waals surface area contributed by atoms with E-state index in [0.717, 1.165) is 11.8 Å². The van der Waals surface area contributed by atoms with Crippen molar-refractivity contribution >= 4 is 29.3 Å². The maximum Gasteiger partial charge on any atom is 0.328 e. The first-order valence-electron chi connectivity index (χ1n) is 6.36. The van der Waals surface area contributed by atoms with Gasteiger partial charge in [-0.25, -0.2) is 9.18 Å². The molecule has 126 valence electrons. The van der Waals surface area contributed by atoms with Crippen LogP contribution in [0.5, 0.6) is 5.75 Å². The van der Waals surface area contributed by atoms with Crippen molar-refractivity contribution < 1.29 is 28.7 Å². The largest absolute Gasteiger partial charge is 0.490 e. The molecule has 1 rings (SSSR count). The molecular weight excluding hydrogens is 331 g/mol. The number of alkyl halides is 1. The maximum atomic E-state index is 12.4. The molecular formula is C13H15FN2O6S. The predicted octanol–water partition coefficient (Wildman–Crippen LogP) is 1.38. The van der Waals surface area contributed by atoms with Crippen LogP contribution in [0.15, 0.2) is 18.2 Å². The number of carbonyl (C=O) groups is 2. The van der Waals surface area contributed by atoms with Crippen LogP contribution in [0.2, 0.25) is 0 Å². The zero-order valence-corrected chi connectivity index (χ0v) is 13.0. The van der Waals surface area contributed by atoms with Gasteiger partial charge in [-0.2, -0.15) is 0 Å². The van der Waals surface area contributed by atoms with E-state index in [2.05, 4.69) is 0 Å². The summed E-state index contributed by atoms with van der Waals surface area (Å²) in [4.78, 5) is 32.4. The first-order valence-corrected chi connectivity index (χ1v) is 7.51. The van der Waals surface area contributed by atoms with E-state index in [1.807, 2.05) is 5.32 Å². The lowest BCUT2D eigenvalue weighted by Crippen LogP contribution is -2.43. The number of carboxylic acids is 1. The van der Waals surface area contributed by atoms with Crippen LogP contribution in [0.3, 0.4) is 0 Å². The summed E-state index contributed by atoms with van der Waals surface area (Å²) in [7, 11) is 1.32. The molecule has 0 fully saturated rings. The monoisotopic (exact) mass is 346 g/mol. The molecule has 1 aromatic rings. The van der Waals surface area contributed by atoms with Gasteiger partial charge < -0.3 is 15.2 Å². The topological polar surface area (TPSA) is 119 Å². The zero-order valence-electron chi connectivity index (χ0n) is 12.2. The lowest BCUT2D eigenvalue weighted by molar-refractivity contribution is -0.385. The fourth-order valence-electron chi connectivity index (χ4n) is 1.63. The third-order valence-electron chi connectivity index (χ3n) is 2.73. The molecule has 10 heteroatoms. The minimum Gasteiger partial charge on any atom is -0.490 e. The van der Waals surface area contributed by atoms with Crippen molar-refractivity contribution in [3.8, 4) is 5.75 Å². The number of ether oxygens (including phenoxy) is 1. The normalized spacial score (nSPS) is 11.6. The van der Waals surface area contributed by atoms with Crippen molar-refractivity contribution in [2.45, 2.75) is 11.8 Å². The Kier molecular flexibility index (Phi) is 7.26. The number of nitro groups is 1. The van der Waals surface area contributed by atoms with Crippen LogP contribution in [-0.4, -0.2) is 47.5 Å². The number of hydrogen-bond donors (Lipinski definition) is 2. The standard InChI is InChI=1S/C13H15FN2O6S/c1-22-11-3-2-8(4-10(11)16(20)21)6-23-7-12(17)15-9(5-14)13(18)19/h2-4,9H,5-7H2,1H3,(H,15,17)(H,18,19). The van der Waals surface area contributed by atoms with Crippen molar-refractivity contribution in [1.29, 1.82) is 0 Å². The first-order chi connectivity index (χ1) is 10.9. The number of nitro benzene ring substituents is 1. The molecule has 1 unspecified atom stereocenters. The fraction of sp³-hybridized carbons (Fsp3) is 0.385. The number of aliphatic carboxylic acids is 1. The van der Waals surface area contributed by atoms with E-state index in [0.29, 0.717) is 11.3 Å². The van der Waals surface area contributed by atoms with E-state index in [-0.39, 0.29) is 17.2 Å². The van der Waals surface area contributed by atoms with Crippen molar-refractivity contribution in [3.63, 3.8) is 0 Å². The van der Waals surface area contributed by atoms with Gasteiger partial charge in [0.2, 0.25) is 5.91 Å². The van der Waals surface area contributed by atoms with Crippen LogP contribution in [0.25, 0.3) is 0 Å². The summed E-state index contributed by atoms with van der Waals surface area (Å²) in [5.74, 6) is -1.73. The molecule has 0 aliphatic heterocycles. The molecule has 0 radical (unpaired) electrons. The lowest BCUT2D eigenvalue weighted by Gasteiger charge is -2.10. The Bertz CT molecular complexity index is 598. The van der Waals surface area contributed by atoms with E-state index in [9.17, 15) is 24.1 Å². The highest BCUT2D eigenvalue weighted by molar-refractivity contribution is 7.99. The lowest BCUT2D eigenvalue weighted by atomic mass is 10.2. The number of nitrogens with zero attached hydrogens (tertiary/aromatic N) is 1. The van der Waals surface area contributed by atoms with Crippen molar-refractivity contribution in [2.24, 2.45) is 0 Å². The van der Waals surface area contributed by atoms with Crippen molar-refractivity contribution in [2.75, 3.05) is 19.5 Å². The highest BCUT2D eigenvalue weighted by Crippen LogP contribution is 2.28. The highest BCUT2D eigenvalue weighted by Gasteiger charge is 2.19. The molecule has 8 nitrogen and oxygen atoms in total. The zero-order chi connectivity index (χ0) is 17.4. The van der Waals surface area contributed by atoms with Gasteiger partial charge in [0.1, 0.15) is 6.67 Å². The minimum atomic E-state index is -1.56. The molecule has 0 saturated carbocycles. The highest BCUT2D eigenvalue weighted by atomic mass is 32.2. The Morgan fingerprint density at radius 1 is 1.52 bits per heavy atom. The quantitative estimate of drug-likeness (QED) is 0.512. The summed E-state index contributed by atoms with van der Waals surface area (Å²) < 4.78 is 17.2. The number of nitrogens with one attached hydrogen (secondary N) is 1. The average molecular weight is 346 g/mol. The van der Waals surface area contributed by atoms with Crippen LogP contribution in [-0.2, 0) is 15.3 Å². The van der Waals surface area contributed by atoms with Crippen LogP contribution in [0, 0.1) is 10.1 Å². The van der Waals surface area contributed by atoms with E-state index in [1.165, 1.54) is 19.2 Å². The Morgan fingerprint density at radius 3 is 2.74 bits per heavy atom. The summed E-state index contributed by atoms with van der Waals surface area (Å²) in [6, 6.07) is 2.85. The molecule has 23 heavy (non-hydrogen) atoms. The number of methoxy groups -OCH3 is 1. The summed E-state index contributed by atoms with van der Waals surface area (Å²) in [5, 5.41) is 21.6. The van der Waals surface area contributed by atoms with Crippen LogP contribution >= 0.6 is 11.8 Å². The van der Waals surface area contributed by atoms with Gasteiger partial charge in [0.05, 0.1) is 17.8 Å². The van der Waals surface area contributed by atoms with Crippen LogP contribution in [0.1, 0.15) is 5.56 Å². The van der Waals surface area contributed by atoms with Crippen molar-refractivity contribution in [3.05, 3.63) is 33.9 Å². The van der Waals surface area contributed by atoms with E-state index >= 15 is 0 Å². The molecule has 0 saturated heterocycles. The second kappa shape index (κ2) is 8.93. The molecule has 1 aromatic carbocycles. The Morgan fingerprint density at radius 2 is 2.22 bits per heavy atom. The molecule has 0 aliphatic rings. The van der Waals surface area contributed by atoms with Gasteiger partial charge in [-0.15, -0.1) is 11.8 Å². The summed E-state index contributed by atoms with van der Waals surface area (Å²) in [5.41, 5.74) is 0.425. The number of thioether (sulfide) groups is 1. The number of carbonyl (C=O) groups excluding carboxylic acids is 1. The number of benzene rings is 1. The molecule has 0 aliphatic carbocycles. The van der Waals surface area contributed by atoms with Crippen LogP contribution in [0.4, 0.5) is 10.1 Å². The minimum absolute atomic E-state index is 0.0936. The number of halogens is 1. The van der Waals surface area contributed by atoms with Gasteiger partial charge in [-0.05, 0) is 11.6 Å². The summed E-state index contributed by atoms with van der Waals surface area (Å²) in [6.45, 7) is -1.20. The third kappa shape index (κ3) is 5.74. The second-order valence-electron chi connectivity index (χ2n) is 4.37.